The molecule has 1 aliphatic heterocycles. The Labute approximate surface area is 180 Å². The van der Waals surface area contributed by atoms with E-state index in [1.54, 1.807) is 12.1 Å². The predicted octanol–water partition coefficient (Wildman–Crippen LogP) is 0.261. The van der Waals surface area contributed by atoms with Crippen LogP contribution < -0.4 is 0 Å². The molecule has 0 amide bonds. The first-order valence-electron chi connectivity index (χ1n) is 9.19. The molecule has 2 aromatic carbocycles. The molecule has 1 aliphatic rings. The van der Waals surface area contributed by atoms with E-state index in [-0.39, 0.29) is 9.79 Å². The lowest BCUT2D eigenvalue weighted by Crippen LogP contribution is -2.46. The van der Waals surface area contributed by atoms with Crippen molar-refractivity contribution in [3.63, 3.8) is 0 Å². The average molecular weight is 475 g/mol. The molecule has 2 aromatic rings. The van der Waals surface area contributed by atoms with Crippen LogP contribution in [0.3, 0.4) is 0 Å². The second-order valence-corrected chi connectivity index (χ2v) is 9.84. The second kappa shape index (κ2) is 10.1. The van der Waals surface area contributed by atoms with Crippen LogP contribution in [0.1, 0.15) is 0 Å². The maximum absolute atomic E-state index is 12.2. The minimum absolute atomic E-state index is 0.0766. The molecule has 0 bridgehead atoms. The Bertz CT molecular complexity index is 956. The van der Waals surface area contributed by atoms with E-state index in [9.17, 15) is 27.0 Å². The largest absolute Gasteiger partial charge is 0.387 e. The van der Waals surface area contributed by atoms with E-state index in [1.807, 2.05) is 0 Å². The standard InChI is InChI=1S/C19H22O10S2/c20-18-16(11-28-30(22,23)14-7-3-1-4-8-14)26-13-27-17(19(18)21)12-29-31(24,25)15-9-5-2-6-10-15/h1-10,16-21H,11-13H2/t16-,17-,18-,19-/m0/s1. The summed E-state index contributed by atoms with van der Waals surface area (Å²) in [6.45, 7) is -1.63. The summed E-state index contributed by atoms with van der Waals surface area (Å²) < 4.78 is 69.2. The molecule has 12 heteroatoms. The monoisotopic (exact) mass is 474 g/mol. The third kappa shape index (κ3) is 6.08. The maximum atomic E-state index is 12.2. The van der Waals surface area contributed by atoms with Crippen LogP contribution in [0.4, 0.5) is 0 Å². The molecule has 1 saturated heterocycles. The molecule has 0 radical (unpaired) electrons. The zero-order chi connectivity index (χ0) is 22.5. The van der Waals surface area contributed by atoms with Crippen molar-refractivity contribution in [2.45, 2.75) is 34.2 Å². The molecule has 1 fully saturated rings. The smallest absolute Gasteiger partial charge is 0.297 e. The number of rotatable bonds is 8. The number of benzene rings is 2. The van der Waals surface area contributed by atoms with E-state index >= 15 is 0 Å². The van der Waals surface area contributed by atoms with Crippen LogP contribution in [0.5, 0.6) is 0 Å². The van der Waals surface area contributed by atoms with Crippen LogP contribution in [-0.4, -0.2) is 71.5 Å². The SMILES string of the molecule is O=S(=O)(OC[C@@H]1OCO[C@@H](COS(=O)(=O)c2ccccc2)[C@H](O)[C@H]1O)c1ccccc1. The van der Waals surface area contributed by atoms with Gasteiger partial charge in [-0.15, -0.1) is 0 Å². The maximum Gasteiger partial charge on any atom is 0.297 e. The predicted molar refractivity (Wildman–Crippen MR) is 106 cm³/mol. The summed E-state index contributed by atoms with van der Waals surface area (Å²) in [4.78, 5) is -0.153. The van der Waals surface area contributed by atoms with Gasteiger partial charge in [-0.1, -0.05) is 36.4 Å². The summed E-state index contributed by atoms with van der Waals surface area (Å²) in [5, 5.41) is 20.7. The molecule has 3 rings (SSSR count). The lowest BCUT2D eigenvalue weighted by atomic mass is 10.0. The summed E-state index contributed by atoms with van der Waals surface area (Å²) in [5.41, 5.74) is 0. The van der Waals surface area contributed by atoms with E-state index in [0.717, 1.165) is 0 Å². The molecule has 2 N–H and O–H groups in total. The summed E-state index contributed by atoms with van der Waals surface area (Å²) in [6, 6.07) is 14.8. The van der Waals surface area contributed by atoms with Crippen LogP contribution in [0.25, 0.3) is 0 Å². The fourth-order valence-electron chi connectivity index (χ4n) is 2.77. The van der Waals surface area contributed by atoms with Crippen molar-refractivity contribution >= 4 is 20.2 Å². The number of hydrogen-bond donors (Lipinski definition) is 2. The Kier molecular flexibility index (Phi) is 7.78. The molecule has 0 spiro atoms. The van der Waals surface area contributed by atoms with Crippen LogP contribution in [-0.2, 0) is 38.1 Å². The Morgan fingerprint density at radius 2 is 1.06 bits per heavy atom. The van der Waals surface area contributed by atoms with Gasteiger partial charge in [0, 0.05) is 0 Å². The first kappa shape index (κ1) is 23.8. The van der Waals surface area contributed by atoms with Gasteiger partial charge in [-0.25, -0.2) is 0 Å². The minimum Gasteiger partial charge on any atom is -0.387 e. The molecule has 1 heterocycles. The van der Waals surface area contributed by atoms with Gasteiger partial charge in [-0.2, -0.15) is 16.8 Å². The Balaban J connectivity index is 1.60. The quantitative estimate of drug-likeness (QED) is 0.511. The van der Waals surface area contributed by atoms with Gasteiger partial charge in [0.25, 0.3) is 20.2 Å². The molecule has 170 valence electrons. The molecule has 10 nitrogen and oxygen atoms in total. The highest BCUT2D eigenvalue weighted by Crippen LogP contribution is 2.20. The first-order valence-corrected chi connectivity index (χ1v) is 12.0. The zero-order valence-electron chi connectivity index (χ0n) is 16.2. The number of hydrogen-bond acceptors (Lipinski definition) is 10. The molecule has 0 unspecified atom stereocenters. The molecule has 0 aliphatic carbocycles. The van der Waals surface area contributed by atoms with Crippen molar-refractivity contribution in [1.29, 1.82) is 0 Å². The molecule has 0 saturated carbocycles. The van der Waals surface area contributed by atoms with E-state index < -0.39 is 64.7 Å². The highest BCUT2D eigenvalue weighted by Gasteiger charge is 2.38. The van der Waals surface area contributed by atoms with Gasteiger partial charge < -0.3 is 19.7 Å². The van der Waals surface area contributed by atoms with Crippen molar-refractivity contribution in [3.8, 4) is 0 Å². The molecular weight excluding hydrogens is 452 g/mol. The van der Waals surface area contributed by atoms with Crippen LogP contribution >= 0.6 is 0 Å². The van der Waals surface area contributed by atoms with Crippen molar-refractivity contribution < 1.29 is 44.9 Å². The topological polar surface area (TPSA) is 146 Å². The Morgan fingerprint density at radius 1 is 0.710 bits per heavy atom. The highest BCUT2D eigenvalue weighted by atomic mass is 32.2. The molecular formula is C19H22O10S2. The average Bonchev–Trinajstić information content (AvgIpc) is 2.91. The van der Waals surface area contributed by atoms with Gasteiger partial charge in [0.2, 0.25) is 0 Å². The van der Waals surface area contributed by atoms with Crippen molar-refractivity contribution in [2.24, 2.45) is 0 Å². The van der Waals surface area contributed by atoms with Gasteiger partial charge in [-0.3, -0.25) is 8.37 Å². The second-order valence-electron chi connectivity index (χ2n) is 6.61. The molecule has 31 heavy (non-hydrogen) atoms. The van der Waals surface area contributed by atoms with E-state index in [4.69, 9.17) is 17.8 Å². The van der Waals surface area contributed by atoms with E-state index in [0.29, 0.717) is 0 Å². The van der Waals surface area contributed by atoms with Crippen molar-refractivity contribution in [1.82, 2.24) is 0 Å². The third-order valence-electron chi connectivity index (χ3n) is 4.51. The fourth-order valence-corrected chi connectivity index (χ4v) is 4.65. The summed E-state index contributed by atoms with van der Waals surface area (Å²) in [5.74, 6) is 0. The Morgan fingerprint density at radius 3 is 1.42 bits per heavy atom. The first-order chi connectivity index (χ1) is 14.7. The normalized spacial score (nSPS) is 25.1. The molecule has 0 aromatic heterocycles. The summed E-state index contributed by atoms with van der Waals surface area (Å²) >= 11 is 0. The number of ether oxygens (including phenoxy) is 2. The Hall–Kier alpha value is -1.90. The lowest BCUT2D eigenvalue weighted by Gasteiger charge is -2.25. The van der Waals surface area contributed by atoms with Gasteiger partial charge in [0.15, 0.2) is 0 Å². The van der Waals surface area contributed by atoms with Gasteiger partial charge in [0.05, 0.1) is 23.0 Å². The van der Waals surface area contributed by atoms with Gasteiger partial charge in [0.1, 0.15) is 31.2 Å². The van der Waals surface area contributed by atoms with Gasteiger partial charge in [-0.05, 0) is 24.3 Å². The summed E-state index contributed by atoms with van der Waals surface area (Å²) in [6.07, 6.45) is -5.74. The number of aliphatic hydroxyl groups is 2. The molecule has 4 atom stereocenters. The summed E-state index contributed by atoms with van der Waals surface area (Å²) in [7, 11) is -8.21. The van der Waals surface area contributed by atoms with Crippen LogP contribution in [0.15, 0.2) is 70.5 Å². The lowest BCUT2D eigenvalue weighted by molar-refractivity contribution is -0.119. The van der Waals surface area contributed by atoms with Crippen molar-refractivity contribution in [2.75, 3.05) is 20.0 Å². The highest BCUT2D eigenvalue weighted by molar-refractivity contribution is 7.87. The van der Waals surface area contributed by atoms with Crippen molar-refractivity contribution in [3.05, 3.63) is 60.7 Å². The minimum atomic E-state index is -4.10. The van der Waals surface area contributed by atoms with E-state index in [2.05, 4.69) is 0 Å². The third-order valence-corrected chi connectivity index (χ3v) is 7.11. The van der Waals surface area contributed by atoms with Gasteiger partial charge >= 0.3 is 0 Å². The number of aliphatic hydroxyl groups excluding tert-OH is 2. The zero-order valence-corrected chi connectivity index (χ0v) is 17.8. The fraction of sp³-hybridized carbons (Fsp3) is 0.368. The van der Waals surface area contributed by atoms with Crippen LogP contribution in [0.2, 0.25) is 0 Å². The van der Waals surface area contributed by atoms with Crippen LogP contribution in [0, 0.1) is 0 Å². The van der Waals surface area contributed by atoms with E-state index in [1.165, 1.54) is 48.5 Å².